The Hall–Kier alpha value is -1.63. The van der Waals surface area contributed by atoms with Crippen molar-refractivity contribution in [3.05, 3.63) is 16.3 Å². The molecule has 0 saturated heterocycles. The second kappa shape index (κ2) is 3.50. The van der Waals surface area contributed by atoms with Gasteiger partial charge < -0.3 is 20.0 Å². The molecule has 1 aromatic heterocycles. The molecule has 0 spiro atoms. The number of aromatic nitrogens is 2. The Morgan fingerprint density at radius 1 is 1.87 bits per heavy atom. The van der Waals surface area contributed by atoms with Gasteiger partial charge in [0.05, 0.1) is 6.54 Å². The van der Waals surface area contributed by atoms with Crippen LogP contribution in [-0.2, 0) is 6.54 Å². The van der Waals surface area contributed by atoms with Gasteiger partial charge in [-0.25, -0.2) is 0 Å². The predicted octanol–water partition coefficient (Wildman–Crippen LogP) is 0.323. The van der Waals surface area contributed by atoms with Crippen molar-refractivity contribution in [3.8, 4) is 6.01 Å². The number of hydrogen-bond acceptors (Lipinski definition) is 5. The smallest absolute Gasteiger partial charge is 0.414 e. The lowest BCUT2D eigenvalue weighted by atomic mass is 10.1. The van der Waals surface area contributed by atoms with E-state index in [1.807, 2.05) is 6.92 Å². The van der Waals surface area contributed by atoms with Crippen LogP contribution in [0.4, 0.5) is 5.82 Å². The van der Waals surface area contributed by atoms with Crippen LogP contribution in [0.25, 0.3) is 0 Å². The summed E-state index contributed by atoms with van der Waals surface area (Å²) < 4.78 is 6.77. The Balaban J connectivity index is 2.29. The Kier molecular flexibility index (Phi) is 2.31. The third kappa shape index (κ3) is 1.65. The van der Waals surface area contributed by atoms with Crippen molar-refractivity contribution in [1.82, 2.24) is 9.55 Å². The molecule has 1 aromatic rings. The van der Waals surface area contributed by atoms with E-state index in [9.17, 15) is 15.2 Å². The molecule has 0 bridgehead atoms. The van der Waals surface area contributed by atoms with E-state index < -0.39 is 11.0 Å². The van der Waals surface area contributed by atoms with Crippen LogP contribution in [0.1, 0.15) is 13.3 Å². The maximum Gasteiger partial charge on any atom is 0.414 e. The topological polar surface area (TPSA) is 90.4 Å². The first-order valence-corrected chi connectivity index (χ1v) is 4.68. The molecule has 1 aliphatic rings. The van der Waals surface area contributed by atoms with Crippen molar-refractivity contribution in [1.29, 1.82) is 0 Å². The van der Waals surface area contributed by atoms with Crippen LogP contribution in [-0.4, -0.2) is 31.8 Å². The summed E-state index contributed by atoms with van der Waals surface area (Å²) in [6.45, 7) is 2.16. The molecule has 0 fully saturated rings. The molecule has 0 aliphatic carbocycles. The fourth-order valence-corrected chi connectivity index (χ4v) is 1.59. The van der Waals surface area contributed by atoms with Crippen LogP contribution in [0.3, 0.4) is 0 Å². The highest BCUT2D eigenvalue weighted by Crippen LogP contribution is 2.25. The summed E-state index contributed by atoms with van der Waals surface area (Å²) in [7, 11) is 0. The summed E-state index contributed by atoms with van der Waals surface area (Å²) in [6.07, 6.45) is 0.933. The van der Waals surface area contributed by atoms with E-state index in [-0.39, 0.29) is 24.5 Å². The zero-order chi connectivity index (χ0) is 11.0. The summed E-state index contributed by atoms with van der Waals surface area (Å²) in [4.78, 5) is 13.6. The molecule has 0 unspecified atom stereocenters. The van der Waals surface area contributed by atoms with Crippen LogP contribution in [0.15, 0.2) is 6.20 Å². The second-order valence-electron chi connectivity index (χ2n) is 3.42. The molecule has 7 heteroatoms. The number of nitrogens with zero attached hydrogens (tertiary/aromatic N) is 3. The van der Waals surface area contributed by atoms with Crippen LogP contribution < -0.4 is 4.74 Å². The average Bonchev–Trinajstić information content (AvgIpc) is 2.59. The SMILES string of the molecule is CC[C@H]1Oc2nc([N+](=O)[O-])cn2C[C@H]1O. The summed E-state index contributed by atoms with van der Waals surface area (Å²) in [6, 6.07) is 0.207. The third-order valence-electron chi connectivity index (χ3n) is 2.39. The molecule has 1 N–H and O–H groups in total. The van der Waals surface area contributed by atoms with Gasteiger partial charge in [-0.3, -0.25) is 4.57 Å². The average molecular weight is 213 g/mol. The van der Waals surface area contributed by atoms with Crippen molar-refractivity contribution >= 4 is 5.82 Å². The molecule has 0 aromatic carbocycles. The van der Waals surface area contributed by atoms with Gasteiger partial charge in [-0.2, -0.15) is 0 Å². The molecule has 0 amide bonds. The summed E-state index contributed by atoms with van der Waals surface area (Å²) in [5.74, 6) is -0.256. The quantitative estimate of drug-likeness (QED) is 0.564. The lowest BCUT2D eigenvalue weighted by Crippen LogP contribution is -2.39. The van der Waals surface area contributed by atoms with Gasteiger partial charge in [0.25, 0.3) is 0 Å². The summed E-state index contributed by atoms with van der Waals surface area (Å²) >= 11 is 0. The van der Waals surface area contributed by atoms with Gasteiger partial charge in [0.15, 0.2) is 0 Å². The standard InChI is InChI=1S/C8H11N3O4/c1-2-6-5(12)3-10-4-7(11(13)14)9-8(10)15-6/h4-6,12H,2-3H2,1H3/t5-,6-/m1/s1. The summed E-state index contributed by atoms with van der Waals surface area (Å²) in [5, 5.41) is 20.1. The van der Waals surface area contributed by atoms with Crippen molar-refractivity contribution in [2.75, 3.05) is 0 Å². The van der Waals surface area contributed by atoms with Crippen LogP contribution >= 0.6 is 0 Å². The third-order valence-corrected chi connectivity index (χ3v) is 2.39. The van der Waals surface area contributed by atoms with Crippen molar-refractivity contribution < 1.29 is 14.8 Å². The molecule has 2 heterocycles. The Morgan fingerprint density at radius 3 is 3.20 bits per heavy atom. The van der Waals surface area contributed by atoms with E-state index in [1.54, 1.807) is 0 Å². The van der Waals surface area contributed by atoms with Crippen LogP contribution in [0.5, 0.6) is 6.01 Å². The molecule has 0 saturated carbocycles. The van der Waals surface area contributed by atoms with Gasteiger partial charge in [0.1, 0.15) is 18.4 Å². The fraction of sp³-hybridized carbons (Fsp3) is 0.625. The van der Waals surface area contributed by atoms with Gasteiger partial charge in [-0.15, -0.1) is 0 Å². The van der Waals surface area contributed by atoms with Gasteiger partial charge >= 0.3 is 11.8 Å². The molecule has 82 valence electrons. The number of ether oxygens (including phenoxy) is 1. The fourth-order valence-electron chi connectivity index (χ4n) is 1.59. The highest BCUT2D eigenvalue weighted by atomic mass is 16.6. The molecule has 2 atom stereocenters. The number of imidazole rings is 1. The van der Waals surface area contributed by atoms with E-state index in [2.05, 4.69) is 4.98 Å². The second-order valence-corrected chi connectivity index (χ2v) is 3.42. The number of fused-ring (bicyclic) bond motifs is 1. The van der Waals surface area contributed by atoms with Gasteiger partial charge in [-0.1, -0.05) is 6.92 Å². The lowest BCUT2D eigenvalue weighted by molar-refractivity contribution is -0.389. The van der Waals surface area contributed by atoms with E-state index in [0.29, 0.717) is 6.42 Å². The van der Waals surface area contributed by atoms with E-state index in [0.717, 1.165) is 0 Å². The Bertz CT molecular complexity index is 389. The summed E-state index contributed by atoms with van der Waals surface area (Å²) in [5.41, 5.74) is 0. The number of rotatable bonds is 2. The van der Waals surface area contributed by atoms with Gasteiger partial charge in [0.2, 0.25) is 0 Å². The number of hydrogen-bond donors (Lipinski definition) is 1. The molecule has 0 radical (unpaired) electrons. The van der Waals surface area contributed by atoms with Gasteiger partial charge in [-0.05, 0) is 11.3 Å². The molecule has 2 rings (SSSR count). The number of aliphatic hydroxyl groups excluding tert-OH is 1. The van der Waals surface area contributed by atoms with Gasteiger partial charge in [0, 0.05) is 4.98 Å². The van der Waals surface area contributed by atoms with Crippen LogP contribution in [0.2, 0.25) is 0 Å². The largest absolute Gasteiger partial charge is 0.440 e. The molecule has 7 nitrogen and oxygen atoms in total. The maximum atomic E-state index is 10.5. The highest BCUT2D eigenvalue weighted by molar-refractivity contribution is 5.21. The number of nitro groups is 1. The number of aliphatic hydroxyl groups is 1. The van der Waals surface area contributed by atoms with E-state index >= 15 is 0 Å². The molecular weight excluding hydrogens is 202 g/mol. The monoisotopic (exact) mass is 213 g/mol. The molecular formula is C8H11N3O4. The van der Waals surface area contributed by atoms with E-state index in [4.69, 9.17) is 4.74 Å². The minimum absolute atomic E-state index is 0.207. The highest BCUT2D eigenvalue weighted by Gasteiger charge is 2.32. The minimum atomic E-state index is -0.642. The zero-order valence-electron chi connectivity index (χ0n) is 8.16. The lowest BCUT2D eigenvalue weighted by Gasteiger charge is -2.26. The van der Waals surface area contributed by atoms with Crippen LogP contribution in [0, 0.1) is 10.1 Å². The molecule has 15 heavy (non-hydrogen) atoms. The van der Waals surface area contributed by atoms with Crippen molar-refractivity contribution in [2.45, 2.75) is 32.1 Å². The Morgan fingerprint density at radius 2 is 2.60 bits per heavy atom. The molecule has 1 aliphatic heterocycles. The van der Waals surface area contributed by atoms with E-state index in [1.165, 1.54) is 10.8 Å². The van der Waals surface area contributed by atoms with Crippen molar-refractivity contribution in [3.63, 3.8) is 0 Å². The first kappa shape index (κ1) is 9.91. The minimum Gasteiger partial charge on any atom is -0.440 e. The maximum absolute atomic E-state index is 10.5. The first-order valence-electron chi connectivity index (χ1n) is 4.68. The zero-order valence-corrected chi connectivity index (χ0v) is 8.16. The Labute approximate surface area is 85.4 Å². The van der Waals surface area contributed by atoms with Crippen molar-refractivity contribution in [2.24, 2.45) is 0 Å². The predicted molar refractivity (Wildman–Crippen MR) is 49.6 cm³/mol. The first-order chi connectivity index (χ1) is 7.11. The normalized spacial score (nSPS) is 24.4.